The Bertz CT molecular complexity index is 1130. The number of carbonyl (C=O) groups excluding carboxylic acids is 2. The molecule has 5 nitrogen and oxygen atoms in total. The summed E-state index contributed by atoms with van der Waals surface area (Å²) >= 11 is 7.99. The maximum absolute atomic E-state index is 13.5. The van der Waals surface area contributed by atoms with Crippen molar-refractivity contribution < 1.29 is 19.1 Å². The van der Waals surface area contributed by atoms with Crippen LogP contribution < -0.4 is 5.32 Å². The van der Waals surface area contributed by atoms with Crippen LogP contribution in [0.3, 0.4) is 0 Å². The van der Waals surface area contributed by atoms with Crippen LogP contribution in [-0.4, -0.2) is 31.1 Å². The maximum atomic E-state index is 13.5. The highest BCUT2D eigenvalue weighted by Gasteiger charge is 2.41. The molecule has 7 heteroatoms. The molecule has 3 aliphatic rings. The second-order valence-electron chi connectivity index (χ2n) is 8.82. The second kappa shape index (κ2) is 9.45. The van der Waals surface area contributed by atoms with E-state index in [0.29, 0.717) is 29.2 Å². The van der Waals surface area contributed by atoms with Crippen molar-refractivity contribution in [1.29, 1.82) is 0 Å². The minimum Gasteiger partial charge on any atom is -0.459 e. The van der Waals surface area contributed by atoms with Crippen molar-refractivity contribution in [1.82, 2.24) is 5.32 Å². The smallest absolute Gasteiger partial charge is 0.336 e. The Morgan fingerprint density at radius 2 is 2.15 bits per heavy atom. The van der Waals surface area contributed by atoms with Gasteiger partial charge in [-0.1, -0.05) is 29.8 Å². The van der Waals surface area contributed by atoms with E-state index in [1.54, 1.807) is 17.4 Å². The molecule has 1 N–H and O–H groups in total. The number of Topliss-reactive ketones (excluding diaryl/α,β-unsaturated/α-hetero) is 1. The molecule has 3 atom stereocenters. The highest BCUT2D eigenvalue weighted by molar-refractivity contribution is 7.10. The van der Waals surface area contributed by atoms with E-state index in [1.807, 2.05) is 36.6 Å². The van der Waals surface area contributed by atoms with Crippen LogP contribution in [-0.2, 0) is 19.1 Å². The van der Waals surface area contributed by atoms with Crippen molar-refractivity contribution in [3.63, 3.8) is 0 Å². The Balaban J connectivity index is 1.50. The highest BCUT2D eigenvalue weighted by atomic mass is 35.5. The molecular weight excluding hydrogens is 458 g/mol. The van der Waals surface area contributed by atoms with E-state index >= 15 is 0 Å². The van der Waals surface area contributed by atoms with Gasteiger partial charge in [0.1, 0.15) is 6.61 Å². The van der Waals surface area contributed by atoms with E-state index in [-0.39, 0.29) is 24.4 Å². The van der Waals surface area contributed by atoms with Gasteiger partial charge in [-0.05, 0) is 55.3 Å². The second-order valence-corrected chi connectivity index (χ2v) is 10.2. The summed E-state index contributed by atoms with van der Waals surface area (Å²) in [5.74, 6) is -0.720. The van der Waals surface area contributed by atoms with Gasteiger partial charge in [0, 0.05) is 51.7 Å². The Kier molecular flexibility index (Phi) is 6.41. The number of nitrogens with one attached hydrogen (secondary N) is 1. The van der Waals surface area contributed by atoms with Crippen molar-refractivity contribution in [3.05, 3.63) is 79.8 Å². The Morgan fingerprint density at radius 1 is 1.27 bits per heavy atom. The summed E-state index contributed by atoms with van der Waals surface area (Å²) < 4.78 is 11.3. The van der Waals surface area contributed by atoms with E-state index in [1.165, 1.54) is 4.88 Å². The number of hydrogen-bond donors (Lipinski definition) is 1. The Hall–Kier alpha value is -2.41. The first-order valence-electron chi connectivity index (χ1n) is 11.3. The molecular formula is C26H26ClNO4S. The van der Waals surface area contributed by atoms with Gasteiger partial charge < -0.3 is 14.8 Å². The first kappa shape index (κ1) is 22.4. The number of benzene rings is 1. The van der Waals surface area contributed by atoms with Crippen LogP contribution >= 0.6 is 22.9 Å². The Labute approximate surface area is 202 Å². The predicted molar refractivity (Wildman–Crippen MR) is 128 cm³/mol. The van der Waals surface area contributed by atoms with Crippen LogP contribution in [0.25, 0.3) is 0 Å². The largest absolute Gasteiger partial charge is 0.459 e. The summed E-state index contributed by atoms with van der Waals surface area (Å²) in [4.78, 5) is 28.1. The van der Waals surface area contributed by atoms with Crippen molar-refractivity contribution in [2.75, 3.05) is 13.2 Å². The zero-order valence-electron chi connectivity index (χ0n) is 18.4. The standard InChI is InChI=1S/C26H26ClNO4S/c1-15-23(26(30)32-14-19-7-3-9-31-19)24(16-5-2-6-18(27)11-16)25-20(28-15)12-17(13-21(25)29)22-8-4-10-33-22/h2,4-6,8,10-11,17,19,24,28H,3,7,9,12-14H2,1H3/t17-,19+,24+/m1/s1. The summed E-state index contributed by atoms with van der Waals surface area (Å²) in [5.41, 5.74) is 3.55. The molecule has 0 spiro atoms. The van der Waals surface area contributed by atoms with Crippen LogP contribution in [0.2, 0.25) is 5.02 Å². The molecule has 3 heterocycles. The number of carbonyl (C=O) groups is 2. The topological polar surface area (TPSA) is 64.6 Å². The minimum absolute atomic E-state index is 0.0593. The normalized spacial score (nSPS) is 25.2. The number of ether oxygens (including phenoxy) is 2. The summed E-state index contributed by atoms with van der Waals surface area (Å²) in [5, 5.41) is 6.00. The van der Waals surface area contributed by atoms with Crippen LogP contribution in [0.5, 0.6) is 0 Å². The van der Waals surface area contributed by atoms with E-state index in [0.717, 1.165) is 36.2 Å². The number of hydrogen-bond acceptors (Lipinski definition) is 6. The summed E-state index contributed by atoms with van der Waals surface area (Å²) in [7, 11) is 0. The molecule has 5 rings (SSSR count). The molecule has 172 valence electrons. The predicted octanol–water partition coefficient (Wildman–Crippen LogP) is 5.49. The van der Waals surface area contributed by atoms with Gasteiger partial charge >= 0.3 is 5.97 Å². The highest BCUT2D eigenvalue weighted by Crippen LogP contribution is 2.46. The van der Waals surface area contributed by atoms with Crippen LogP contribution in [0.15, 0.2) is 64.3 Å². The van der Waals surface area contributed by atoms with Crippen LogP contribution in [0, 0.1) is 0 Å². The lowest BCUT2D eigenvalue weighted by atomic mass is 9.72. The zero-order valence-corrected chi connectivity index (χ0v) is 20.0. The van der Waals surface area contributed by atoms with Gasteiger partial charge in [0.25, 0.3) is 0 Å². The monoisotopic (exact) mass is 483 g/mol. The molecule has 1 saturated heterocycles. The molecule has 1 fully saturated rings. The maximum Gasteiger partial charge on any atom is 0.336 e. The number of dihydropyridines is 1. The summed E-state index contributed by atoms with van der Waals surface area (Å²) in [6, 6.07) is 11.5. The molecule has 0 bridgehead atoms. The van der Waals surface area contributed by atoms with Gasteiger partial charge in [-0.3, -0.25) is 4.79 Å². The molecule has 1 aromatic carbocycles. The number of rotatable bonds is 5. The number of esters is 1. The lowest BCUT2D eigenvalue weighted by Crippen LogP contribution is -2.36. The number of thiophene rings is 1. The quantitative estimate of drug-likeness (QED) is 0.570. The van der Waals surface area contributed by atoms with Gasteiger partial charge in [0.15, 0.2) is 5.78 Å². The molecule has 2 aromatic rings. The van der Waals surface area contributed by atoms with Crippen molar-refractivity contribution in [3.8, 4) is 0 Å². The molecule has 1 aromatic heterocycles. The number of ketones is 1. The molecule has 0 amide bonds. The van der Waals surface area contributed by atoms with Gasteiger partial charge in [-0.15, -0.1) is 11.3 Å². The molecule has 0 unspecified atom stereocenters. The van der Waals surface area contributed by atoms with E-state index < -0.39 is 11.9 Å². The Morgan fingerprint density at radius 3 is 2.88 bits per heavy atom. The fourth-order valence-corrected chi connectivity index (χ4v) is 6.11. The van der Waals surface area contributed by atoms with Crippen LogP contribution in [0.1, 0.15) is 54.9 Å². The molecule has 1 aliphatic carbocycles. The lowest BCUT2D eigenvalue weighted by Gasteiger charge is -2.36. The molecule has 0 radical (unpaired) electrons. The van der Waals surface area contributed by atoms with Crippen LogP contribution in [0.4, 0.5) is 0 Å². The lowest BCUT2D eigenvalue weighted by molar-refractivity contribution is -0.142. The third-order valence-electron chi connectivity index (χ3n) is 6.60. The summed E-state index contributed by atoms with van der Waals surface area (Å²) in [6.45, 7) is 2.80. The van der Waals surface area contributed by atoms with Crippen molar-refractivity contribution >= 4 is 34.7 Å². The third-order valence-corrected chi connectivity index (χ3v) is 7.87. The van der Waals surface area contributed by atoms with E-state index in [2.05, 4.69) is 11.4 Å². The van der Waals surface area contributed by atoms with Crippen molar-refractivity contribution in [2.45, 2.75) is 50.5 Å². The van der Waals surface area contributed by atoms with Gasteiger partial charge in [0.2, 0.25) is 0 Å². The van der Waals surface area contributed by atoms with E-state index in [4.69, 9.17) is 21.1 Å². The first-order chi connectivity index (χ1) is 16.0. The third kappa shape index (κ3) is 4.52. The average molecular weight is 484 g/mol. The molecule has 2 aliphatic heterocycles. The van der Waals surface area contributed by atoms with Gasteiger partial charge in [-0.25, -0.2) is 4.79 Å². The molecule has 0 saturated carbocycles. The van der Waals surface area contributed by atoms with E-state index in [9.17, 15) is 9.59 Å². The fourth-order valence-electron chi connectivity index (χ4n) is 5.08. The van der Waals surface area contributed by atoms with Gasteiger partial charge in [0.05, 0.1) is 11.7 Å². The number of halogens is 1. The number of allylic oxidation sites excluding steroid dienone is 3. The van der Waals surface area contributed by atoms with Crippen molar-refractivity contribution in [2.24, 2.45) is 0 Å². The SMILES string of the molecule is CC1=C(C(=O)OC[C@@H]2CCCO2)[C@H](c2cccc(Cl)c2)C2=C(C[C@@H](c3cccs3)CC2=O)N1. The fraction of sp³-hybridized carbons (Fsp3) is 0.385. The molecule has 33 heavy (non-hydrogen) atoms. The summed E-state index contributed by atoms with van der Waals surface area (Å²) in [6.07, 6.45) is 2.96. The van der Waals surface area contributed by atoms with Gasteiger partial charge in [-0.2, -0.15) is 0 Å². The minimum atomic E-state index is -0.506. The average Bonchev–Trinajstić information content (AvgIpc) is 3.50. The zero-order chi connectivity index (χ0) is 22.9. The first-order valence-corrected chi connectivity index (χ1v) is 12.6.